The molecule has 0 aliphatic heterocycles. The van der Waals surface area contributed by atoms with Gasteiger partial charge in [-0.25, -0.2) is 15.0 Å². The molecule has 6 heteroatoms. The molecule has 0 aliphatic rings. The van der Waals surface area contributed by atoms with Crippen LogP contribution in [0.5, 0.6) is 0 Å². The minimum atomic E-state index is -0.409. The first kappa shape index (κ1) is 12.6. The monoisotopic (exact) mass is 268 g/mol. The Morgan fingerprint density at radius 1 is 1.20 bits per heavy atom. The molecule has 0 saturated heterocycles. The van der Waals surface area contributed by atoms with Gasteiger partial charge in [0.05, 0.1) is 11.9 Å². The summed E-state index contributed by atoms with van der Waals surface area (Å²) in [5.41, 5.74) is 8.09. The van der Waals surface area contributed by atoms with E-state index < -0.39 is 5.54 Å². The van der Waals surface area contributed by atoms with Crippen molar-refractivity contribution in [3.05, 3.63) is 48.5 Å². The van der Waals surface area contributed by atoms with Crippen molar-refractivity contribution in [2.45, 2.75) is 12.5 Å². The molecule has 3 rings (SSSR count). The number of hydrogen-bond acceptors (Lipinski definition) is 5. The highest BCUT2D eigenvalue weighted by Gasteiger charge is 2.26. The Labute approximate surface area is 116 Å². The van der Waals surface area contributed by atoms with Crippen molar-refractivity contribution < 1.29 is 0 Å². The van der Waals surface area contributed by atoms with Gasteiger partial charge in [-0.1, -0.05) is 30.3 Å². The Morgan fingerprint density at radius 3 is 2.75 bits per heavy atom. The molecule has 1 unspecified atom stereocenters. The number of H-pyrrole nitrogens is 1. The van der Waals surface area contributed by atoms with E-state index in [1.165, 1.54) is 6.33 Å². The van der Waals surface area contributed by atoms with E-state index in [0.717, 1.165) is 11.1 Å². The lowest BCUT2D eigenvalue weighted by Gasteiger charge is -2.30. The lowest BCUT2D eigenvalue weighted by Crippen LogP contribution is -2.40. The van der Waals surface area contributed by atoms with Gasteiger partial charge in [-0.15, -0.1) is 0 Å². The SMILES string of the molecule is CC(CN)(Nc1ncnc2nc[nH]c12)c1ccccc1. The Morgan fingerprint density at radius 2 is 2.00 bits per heavy atom. The van der Waals surface area contributed by atoms with Crippen LogP contribution in [0.15, 0.2) is 43.0 Å². The van der Waals surface area contributed by atoms with Crippen LogP contribution in [0.4, 0.5) is 5.82 Å². The number of fused-ring (bicyclic) bond motifs is 1. The van der Waals surface area contributed by atoms with Gasteiger partial charge in [0.1, 0.15) is 11.8 Å². The zero-order valence-electron chi connectivity index (χ0n) is 11.2. The smallest absolute Gasteiger partial charge is 0.182 e. The zero-order valence-corrected chi connectivity index (χ0v) is 11.2. The van der Waals surface area contributed by atoms with Gasteiger partial charge in [-0.05, 0) is 12.5 Å². The molecule has 0 radical (unpaired) electrons. The molecule has 102 valence electrons. The second-order valence-electron chi connectivity index (χ2n) is 4.85. The van der Waals surface area contributed by atoms with E-state index in [9.17, 15) is 0 Å². The molecule has 6 nitrogen and oxygen atoms in total. The maximum Gasteiger partial charge on any atom is 0.182 e. The predicted octanol–water partition coefficient (Wildman–Crippen LogP) is 1.64. The molecule has 0 spiro atoms. The number of aromatic amines is 1. The highest BCUT2D eigenvalue weighted by molar-refractivity contribution is 5.82. The van der Waals surface area contributed by atoms with Crippen molar-refractivity contribution in [1.82, 2.24) is 19.9 Å². The van der Waals surface area contributed by atoms with Gasteiger partial charge in [0.15, 0.2) is 11.5 Å². The molecule has 3 aromatic rings. The number of imidazole rings is 1. The van der Waals surface area contributed by atoms with E-state index in [-0.39, 0.29) is 0 Å². The summed E-state index contributed by atoms with van der Waals surface area (Å²) >= 11 is 0. The Bertz CT molecular complexity index is 708. The van der Waals surface area contributed by atoms with E-state index in [1.807, 2.05) is 37.3 Å². The van der Waals surface area contributed by atoms with Crippen LogP contribution in [0, 0.1) is 0 Å². The van der Waals surface area contributed by atoms with Crippen molar-refractivity contribution >= 4 is 17.0 Å². The molecular weight excluding hydrogens is 252 g/mol. The summed E-state index contributed by atoms with van der Waals surface area (Å²) in [6.07, 6.45) is 3.10. The molecule has 0 aliphatic carbocycles. The van der Waals surface area contributed by atoms with E-state index in [4.69, 9.17) is 5.73 Å². The maximum atomic E-state index is 5.97. The second-order valence-corrected chi connectivity index (χ2v) is 4.85. The first-order valence-electron chi connectivity index (χ1n) is 6.41. The summed E-state index contributed by atoms with van der Waals surface area (Å²) < 4.78 is 0. The van der Waals surface area contributed by atoms with Crippen molar-refractivity contribution in [2.24, 2.45) is 5.73 Å². The standard InChI is InChI=1S/C14H16N6/c1-14(7-15,10-5-3-2-4-6-10)20-13-11-12(17-8-16-11)18-9-19-13/h2-6,8-9H,7,15H2,1H3,(H2,16,17,18,19,20). The Balaban J connectivity index is 2.01. The average molecular weight is 268 g/mol. The zero-order chi connectivity index (χ0) is 14.0. The minimum Gasteiger partial charge on any atom is -0.358 e. The molecule has 0 amide bonds. The predicted molar refractivity (Wildman–Crippen MR) is 78.2 cm³/mol. The third-order valence-electron chi connectivity index (χ3n) is 3.44. The second kappa shape index (κ2) is 4.90. The lowest BCUT2D eigenvalue weighted by atomic mass is 9.92. The Hall–Kier alpha value is -2.47. The number of hydrogen-bond donors (Lipinski definition) is 3. The van der Waals surface area contributed by atoms with Crippen LogP contribution in [0.25, 0.3) is 11.2 Å². The molecule has 1 atom stereocenters. The quantitative estimate of drug-likeness (QED) is 0.669. The van der Waals surface area contributed by atoms with Crippen LogP contribution < -0.4 is 11.1 Å². The van der Waals surface area contributed by atoms with E-state index in [2.05, 4.69) is 25.3 Å². The molecule has 0 saturated carbocycles. The molecule has 2 heterocycles. The average Bonchev–Trinajstić information content (AvgIpc) is 2.98. The van der Waals surface area contributed by atoms with E-state index in [1.54, 1.807) is 6.33 Å². The van der Waals surface area contributed by atoms with Gasteiger partial charge >= 0.3 is 0 Å². The third kappa shape index (κ3) is 2.10. The maximum absolute atomic E-state index is 5.97. The molecular formula is C14H16N6. The van der Waals surface area contributed by atoms with Crippen LogP contribution in [0.3, 0.4) is 0 Å². The topological polar surface area (TPSA) is 92.5 Å². The number of rotatable bonds is 4. The summed E-state index contributed by atoms with van der Waals surface area (Å²) in [6.45, 7) is 2.49. The van der Waals surface area contributed by atoms with Crippen molar-refractivity contribution in [3.8, 4) is 0 Å². The first-order chi connectivity index (χ1) is 9.73. The van der Waals surface area contributed by atoms with Crippen molar-refractivity contribution in [1.29, 1.82) is 0 Å². The van der Waals surface area contributed by atoms with Crippen LogP contribution in [-0.4, -0.2) is 26.5 Å². The molecule has 20 heavy (non-hydrogen) atoms. The molecule has 4 N–H and O–H groups in total. The van der Waals surface area contributed by atoms with Gasteiger partial charge in [-0.2, -0.15) is 0 Å². The number of benzene rings is 1. The van der Waals surface area contributed by atoms with Crippen LogP contribution in [-0.2, 0) is 5.54 Å². The molecule has 0 bridgehead atoms. The molecule has 0 fully saturated rings. The summed E-state index contributed by atoms with van der Waals surface area (Å²) in [4.78, 5) is 15.6. The first-order valence-corrected chi connectivity index (χ1v) is 6.41. The van der Waals surface area contributed by atoms with Gasteiger partial charge in [0.25, 0.3) is 0 Å². The summed E-state index contributed by atoms with van der Waals surface area (Å²) in [5, 5.41) is 3.40. The van der Waals surface area contributed by atoms with Crippen LogP contribution >= 0.6 is 0 Å². The van der Waals surface area contributed by atoms with Gasteiger partial charge in [0.2, 0.25) is 0 Å². The van der Waals surface area contributed by atoms with Crippen molar-refractivity contribution in [3.63, 3.8) is 0 Å². The number of nitrogens with two attached hydrogens (primary N) is 1. The number of nitrogens with one attached hydrogen (secondary N) is 2. The van der Waals surface area contributed by atoms with Gasteiger partial charge in [-0.3, -0.25) is 0 Å². The molecule has 1 aromatic carbocycles. The van der Waals surface area contributed by atoms with E-state index in [0.29, 0.717) is 18.0 Å². The van der Waals surface area contributed by atoms with Gasteiger partial charge < -0.3 is 16.0 Å². The number of nitrogens with zero attached hydrogens (tertiary/aromatic N) is 3. The highest BCUT2D eigenvalue weighted by atomic mass is 15.1. The minimum absolute atomic E-state index is 0.409. The Kier molecular flexibility index (Phi) is 3.08. The van der Waals surface area contributed by atoms with Crippen molar-refractivity contribution in [2.75, 3.05) is 11.9 Å². The van der Waals surface area contributed by atoms with E-state index >= 15 is 0 Å². The van der Waals surface area contributed by atoms with Gasteiger partial charge in [0, 0.05) is 6.54 Å². The normalized spacial score (nSPS) is 14.1. The fourth-order valence-electron chi connectivity index (χ4n) is 2.17. The number of anilines is 1. The molecule has 2 aromatic heterocycles. The summed E-state index contributed by atoms with van der Waals surface area (Å²) in [6, 6.07) is 10.1. The number of aromatic nitrogens is 4. The fraction of sp³-hybridized carbons (Fsp3) is 0.214. The third-order valence-corrected chi connectivity index (χ3v) is 3.44. The highest BCUT2D eigenvalue weighted by Crippen LogP contribution is 2.26. The van der Waals surface area contributed by atoms with Crippen LogP contribution in [0.1, 0.15) is 12.5 Å². The largest absolute Gasteiger partial charge is 0.358 e. The lowest BCUT2D eigenvalue weighted by molar-refractivity contribution is 0.554. The van der Waals surface area contributed by atoms with Crippen LogP contribution in [0.2, 0.25) is 0 Å². The summed E-state index contributed by atoms with van der Waals surface area (Å²) in [7, 11) is 0. The fourth-order valence-corrected chi connectivity index (χ4v) is 2.17. The summed E-state index contributed by atoms with van der Waals surface area (Å²) in [5.74, 6) is 0.698.